The molecule has 35 heavy (non-hydrogen) atoms. The molecule has 0 saturated heterocycles. The molecule has 2 amide bonds. The van der Waals surface area contributed by atoms with E-state index in [9.17, 15) is 14.0 Å². The first kappa shape index (κ1) is 23.7. The van der Waals surface area contributed by atoms with Crippen LogP contribution in [0.25, 0.3) is 0 Å². The molecule has 8 heteroatoms. The second-order valence-electron chi connectivity index (χ2n) is 7.86. The van der Waals surface area contributed by atoms with E-state index in [-0.39, 0.29) is 30.6 Å². The van der Waals surface area contributed by atoms with Crippen LogP contribution < -0.4 is 15.4 Å². The largest absolute Gasteiger partial charge is 0.488 e. The van der Waals surface area contributed by atoms with Gasteiger partial charge in [-0.15, -0.1) is 0 Å². The number of aromatic nitrogens is 2. The molecule has 2 N–H and O–H groups in total. The zero-order valence-electron chi connectivity index (χ0n) is 18.9. The van der Waals surface area contributed by atoms with Crippen molar-refractivity contribution >= 4 is 17.5 Å². The third kappa shape index (κ3) is 6.77. The molecule has 0 aliphatic heterocycles. The highest BCUT2D eigenvalue weighted by molar-refractivity contribution is 5.97. The van der Waals surface area contributed by atoms with E-state index in [1.807, 2.05) is 34.9 Å². The van der Waals surface area contributed by atoms with Crippen LogP contribution in [0.4, 0.5) is 10.1 Å². The second kappa shape index (κ2) is 11.6. The van der Waals surface area contributed by atoms with E-state index in [2.05, 4.69) is 15.6 Å². The van der Waals surface area contributed by atoms with Crippen LogP contribution in [0.1, 0.15) is 28.4 Å². The van der Waals surface area contributed by atoms with Gasteiger partial charge in [0, 0.05) is 36.6 Å². The van der Waals surface area contributed by atoms with Gasteiger partial charge in [0.05, 0.1) is 12.4 Å². The van der Waals surface area contributed by atoms with Gasteiger partial charge in [-0.25, -0.2) is 9.37 Å². The summed E-state index contributed by atoms with van der Waals surface area (Å²) in [5.41, 5.74) is 1.72. The van der Waals surface area contributed by atoms with Crippen molar-refractivity contribution in [3.63, 3.8) is 0 Å². The van der Waals surface area contributed by atoms with Crippen LogP contribution in [-0.2, 0) is 11.3 Å². The highest BCUT2D eigenvalue weighted by Gasteiger charge is 2.18. The van der Waals surface area contributed by atoms with Gasteiger partial charge < -0.3 is 19.9 Å². The van der Waals surface area contributed by atoms with Crippen molar-refractivity contribution in [3.8, 4) is 5.75 Å². The second-order valence-corrected chi connectivity index (χ2v) is 7.86. The van der Waals surface area contributed by atoms with Gasteiger partial charge in [-0.05, 0) is 35.9 Å². The number of hydrogen-bond acceptors (Lipinski definition) is 4. The zero-order chi connectivity index (χ0) is 24.5. The number of nitrogens with one attached hydrogen (secondary N) is 2. The number of halogens is 1. The normalized spacial score (nSPS) is 11.5. The average Bonchev–Trinajstić information content (AvgIpc) is 3.40. The van der Waals surface area contributed by atoms with Crippen molar-refractivity contribution in [2.24, 2.45) is 0 Å². The van der Waals surface area contributed by atoms with Crippen molar-refractivity contribution < 1.29 is 18.7 Å². The third-order valence-corrected chi connectivity index (χ3v) is 5.31. The topological polar surface area (TPSA) is 85.2 Å². The van der Waals surface area contributed by atoms with E-state index < -0.39 is 11.9 Å². The number of nitrogens with zero attached hydrogens (tertiary/aromatic N) is 2. The van der Waals surface area contributed by atoms with Crippen LogP contribution in [-0.4, -0.2) is 28.0 Å². The number of hydrogen-bond donors (Lipinski definition) is 2. The quantitative estimate of drug-likeness (QED) is 0.353. The molecule has 0 radical (unpaired) electrons. The number of anilines is 1. The minimum absolute atomic E-state index is 0.0430. The Balaban J connectivity index is 1.41. The Morgan fingerprint density at radius 1 is 1.00 bits per heavy atom. The summed E-state index contributed by atoms with van der Waals surface area (Å²) < 4.78 is 21.5. The van der Waals surface area contributed by atoms with Crippen LogP contribution in [0.2, 0.25) is 0 Å². The highest BCUT2D eigenvalue weighted by atomic mass is 19.1. The Labute approximate surface area is 202 Å². The molecule has 4 aromatic rings. The van der Waals surface area contributed by atoms with Crippen LogP contribution in [0, 0.1) is 5.82 Å². The number of imidazole rings is 1. The Morgan fingerprint density at radius 3 is 2.57 bits per heavy atom. The SMILES string of the molecule is O=C(CCn1ccnc1)Nc1cccc(C(=O)NC(COc2ccccc2F)c2ccccc2)c1. The number of aryl methyl sites for hydroxylation is 1. The average molecular weight is 473 g/mol. The van der Waals surface area contributed by atoms with Crippen molar-refractivity contribution in [2.75, 3.05) is 11.9 Å². The molecule has 7 nitrogen and oxygen atoms in total. The van der Waals surface area contributed by atoms with E-state index in [1.54, 1.807) is 55.1 Å². The number of ether oxygens (including phenoxy) is 1. The molecule has 1 atom stereocenters. The lowest BCUT2D eigenvalue weighted by Gasteiger charge is -2.20. The maximum absolute atomic E-state index is 14.0. The van der Waals surface area contributed by atoms with E-state index in [4.69, 9.17) is 4.74 Å². The molecule has 1 heterocycles. The number of rotatable bonds is 10. The maximum atomic E-state index is 14.0. The maximum Gasteiger partial charge on any atom is 0.251 e. The molecule has 0 fully saturated rings. The molecular formula is C27H25FN4O3. The van der Waals surface area contributed by atoms with Crippen molar-refractivity contribution in [1.29, 1.82) is 0 Å². The monoisotopic (exact) mass is 472 g/mol. The first-order chi connectivity index (χ1) is 17.1. The number of carbonyl (C=O) groups excluding carboxylic acids is 2. The van der Waals surface area contributed by atoms with Gasteiger partial charge in [-0.1, -0.05) is 48.5 Å². The molecule has 0 bridgehead atoms. The molecule has 0 aliphatic rings. The minimum atomic E-state index is -0.517. The Bertz CT molecular complexity index is 1260. The lowest BCUT2D eigenvalue weighted by atomic mass is 10.1. The fourth-order valence-electron chi connectivity index (χ4n) is 3.49. The first-order valence-electron chi connectivity index (χ1n) is 11.2. The number of para-hydroxylation sites is 1. The molecular weight excluding hydrogens is 447 g/mol. The summed E-state index contributed by atoms with van der Waals surface area (Å²) in [4.78, 5) is 29.3. The van der Waals surface area contributed by atoms with Gasteiger partial charge in [-0.2, -0.15) is 0 Å². The molecule has 3 aromatic carbocycles. The summed E-state index contributed by atoms with van der Waals surface area (Å²) in [6.07, 6.45) is 5.37. The van der Waals surface area contributed by atoms with Crippen LogP contribution in [0.3, 0.4) is 0 Å². The molecule has 178 valence electrons. The minimum Gasteiger partial charge on any atom is -0.488 e. The van der Waals surface area contributed by atoms with Crippen LogP contribution in [0.5, 0.6) is 5.75 Å². The summed E-state index contributed by atoms with van der Waals surface area (Å²) in [7, 11) is 0. The van der Waals surface area contributed by atoms with Crippen LogP contribution in [0.15, 0.2) is 97.6 Å². The summed E-state index contributed by atoms with van der Waals surface area (Å²) >= 11 is 0. The van der Waals surface area contributed by atoms with Gasteiger partial charge in [-0.3, -0.25) is 9.59 Å². The number of carbonyl (C=O) groups is 2. The first-order valence-corrected chi connectivity index (χ1v) is 11.2. The van der Waals surface area contributed by atoms with Gasteiger partial charge in [0.1, 0.15) is 6.61 Å². The number of benzene rings is 3. The van der Waals surface area contributed by atoms with E-state index in [0.717, 1.165) is 5.56 Å². The molecule has 0 spiro atoms. The van der Waals surface area contributed by atoms with E-state index >= 15 is 0 Å². The van der Waals surface area contributed by atoms with Gasteiger partial charge in [0.2, 0.25) is 5.91 Å². The Kier molecular flexibility index (Phi) is 7.85. The zero-order valence-corrected chi connectivity index (χ0v) is 18.9. The number of amides is 2. The lowest BCUT2D eigenvalue weighted by molar-refractivity contribution is -0.116. The van der Waals surface area contributed by atoms with Gasteiger partial charge in [0.15, 0.2) is 11.6 Å². The highest BCUT2D eigenvalue weighted by Crippen LogP contribution is 2.20. The summed E-state index contributed by atoms with van der Waals surface area (Å²) in [5.74, 6) is -0.868. The Hall–Kier alpha value is -4.46. The smallest absolute Gasteiger partial charge is 0.251 e. The fourth-order valence-corrected chi connectivity index (χ4v) is 3.49. The van der Waals surface area contributed by atoms with Crippen molar-refractivity contribution in [1.82, 2.24) is 14.9 Å². The molecule has 1 aromatic heterocycles. The molecule has 4 rings (SSSR count). The van der Waals surface area contributed by atoms with Crippen LogP contribution >= 0.6 is 0 Å². The van der Waals surface area contributed by atoms with Gasteiger partial charge in [0.25, 0.3) is 5.91 Å². The fraction of sp³-hybridized carbons (Fsp3) is 0.148. The van der Waals surface area contributed by atoms with E-state index in [0.29, 0.717) is 17.8 Å². The van der Waals surface area contributed by atoms with Crippen molar-refractivity contribution in [2.45, 2.75) is 19.0 Å². The molecule has 0 saturated carbocycles. The predicted molar refractivity (Wildman–Crippen MR) is 130 cm³/mol. The van der Waals surface area contributed by atoms with Gasteiger partial charge >= 0.3 is 0 Å². The summed E-state index contributed by atoms with van der Waals surface area (Å²) in [6.45, 7) is 0.550. The summed E-state index contributed by atoms with van der Waals surface area (Å²) in [5, 5.41) is 5.77. The Morgan fingerprint density at radius 2 is 1.80 bits per heavy atom. The predicted octanol–water partition coefficient (Wildman–Crippen LogP) is 4.60. The summed E-state index contributed by atoms with van der Waals surface area (Å²) in [6, 6.07) is 21.6. The standard InChI is InChI=1S/C27H25FN4O3/c28-23-11-4-5-12-25(23)35-18-24(20-7-2-1-3-8-20)31-27(34)21-9-6-10-22(17-21)30-26(33)13-15-32-16-14-29-19-32/h1-12,14,16-17,19,24H,13,15,18H2,(H,30,33)(H,31,34). The lowest BCUT2D eigenvalue weighted by Crippen LogP contribution is -2.32. The third-order valence-electron chi connectivity index (χ3n) is 5.31. The molecule has 1 unspecified atom stereocenters. The molecule has 0 aliphatic carbocycles. The van der Waals surface area contributed by atoms with Crippen molar-refractivity contribution in [3.05, 3.63) is 115 Å². The van der Waals surface area contributed by atoms with E-state index in [1.165, 1.54) is 12.1 Å².